The molecule has 0 atom stereocenters. The standard InChI is InChI=1S/C13H21F2NO3/c1-3-16(4-2)12(17)19-10(11(14)15)13(18)8-6-5-7-9-13/h18H,3-9H2,1-2H3. The molecule has 0 aromatic rings. The Morgan fingerprint density at radius 3 is 2.16 bits per heavy atom. The molecule has 1 fully saturated rings. The van der Waals surface area contributed by atoms with Gasteiger partial charge in [0, 0.05) is 13.1 Å². The molecule has 1 saturated carbocycles. The number of carbonyl (C=O) groups is 1. The molecule has 110 valence electrons. The second kappa shape index (κ2) is 6.84. The van der Waals surface area contributed by atoms with E-state index in [1.807, 2.05) is 0 Å². The number of hydrogen-bond donors (Lipinski definition) is 1. The maximum atomic E-state index is 13.0. The molecule has 4 nitrogen and oxygen atoms in total. The molecule has 0 aliphatic heterocycles. The highest BCUT2D eigenvalue weighted by molar-refractivity contribution is 5.69. The largest absolute Gasteiger partial charge is 0.415 e. The molecule has 0 unspecified atom stereocenters. The van der Waals surface area contributed by atoms with E-state index >= 15 is 0 Å². The summed E-state index contributed by atoms with van der Waals surface area (Å²) >= 11 is 0. The highest BCUT2D eigenvalue weighted by atomic mass is 19.3. The Morgan fingerprint density at radius 2 is 1.74 bits per heavy atom. The molecule has 0 saturated heterocycles. The Hall–Kier alpha value is -1.17. The van der Waals surface area contributed by atoms with Gasteiger partial charge < -0.3 is 14.7 Å². The van der Waals surface area contributed by atoms with Crippen LogP contribution in [0.2, 0.25) is 0 Å². The zero-order chi connectivity index (χ0) is 14.5. The van der Waals surface area contributed by atoms with Crippen LogP contribution in [0.1, 0.15) is 46.0 Å². The van der Waals surface area contributed by atoms with Gasteiger partial charge in [0.25, 0.3) is 0 Å². The van der Waals surface area contributed by atoms with Crippen molar-refractivity contribution >= 4 is 6.09 Å². The fraction of sp³-hybridized carbons (Fsp3) is 0.769. The normalized spacial score (nSPS) is 17.7. The molecule has 1 aliphatic rings. The Kier molecular flexibility index (Phi) is 5.72. The molecule has 0 heterocycles. The summed E-state index contributed by atoms with van der Waals surface area (Å²) in [6, 6.07) is 0. The third-order valence-corrected chi connectivity index (χ3v) is 3.49. The topological polar surface area (TPSA) is 49.8 Å². The summed E-state index contributed by atoms with van der Waals surface area (Å²) in [7, 11) is 0. The maximum absolute atomic E-state index is 13.0. The number of hydrogen-bond acceptors (Lipinski definition) is 3. The van der Waals surface area contributed by atoms with Crippen molar-refractivity contribution in [2.45, 2.75) is 51.6 Å². The van der Waals surface area contributed by atoms with Crippen molar-refractivity contribution in [3.8, 4) is 0 Å². The number of halogens is 2. The van der Waals surface area contributed by atoms with Gasteiger partial charge in [-0.25, -0.2) is 4.79 Å². The first-order chi connectivity index (χ1) is 8.94. The molecule has 0 radical (unpaired) electrons. The Morgan fingerprint density at radius 1 is 1.21 bits per heavy atom. The van der Waals surface area contributed by atoms with Crippen LogP contribution in [-0.2, 0) is 4.74 Å². The summed E-state index contributed by atoms with van der Waals surface area (Å²) in [5.41, 5.74) is -1.71. The van der Waals surface area contributed by atoms with E-state index in [9.17, 15) is 18.7 Å². The van der Waals surface area contributed by atoms with Crippen molar-refractivity contribution in [1.29, 1.82) is 0 Å². The fourth-order valence-corrected chi connectivity index (χ4v) is 2.31. The minimum atomic E-state index is -2.12. The van der Waals surface area contributed by atoms with Gasteiger partial charge in [0.05, 0.1) is 0 Å². The number of nitrogens with zero attached hydrogens (tertiary/aromatic N) is 1. The van der Waals surface area contributed by atoms with E-state index in [0.29, 0.717) is 25.9 Å². The second-order valence-electron chi connectivity index (χ2n) is 4.72. The van der Waals surface area contributed by atoms with Crippen molar-refractivity contribution in [2.24, 2.45) is 0 Å². The minimum Gasteiger partial charge on any atom is -0.406 e. The number of ether oxygens (including phenoxy) is 1. The number of carbonyl (C=O) groups excluding carboxylic acids is 1. The number of aliphatic hydroxyl groups is 1. The van der Waals surface area contributed by atoms with E-state index in [1.54, 1.807) is 13.8 Å². The Labute approximate surface area is 112 Å². The van der Waals surface area contributed by atoms with Crippen LogP contribution in [0.3, 0.4) is 0 Å². The average molecular weight is 277 g/mol. The van der Waals surface area contributed by atoms with Crippen LogP contribution in [0.5, 0.6) is 0 Å². The predicted molar refractivity (Wildman–Crippen MR) is 66.7 cm³/mol. The van der Waals surface area contributed by atoms with Crippen molar-refractivity contribution in [3.63, 3.8) is 0 Å². The predicted octanol–water partition coefficient (Wildman–Crippen LogP) is 3.27. The SMILES string of the molecule is CCN(CC)C(=O)OC(=C(F)F)C1(O)CCCCC1. The Balaban J connectivity index is 2.85. The summed E-state index contributed by atoms with van der Waals surface area (Å²) < 4.78 is 30.7. The smallest absolute Gasteiger partial charge is 0.406 e. The molecule has 0 spiro atoms. The molecule has 0 aromatic carbocycles. The van der Waals surface area contributed by atoms with Gasteiger partial charge in [-0.2, -0.15) is 8.78 Å². The maximum Gasteiger partial charge on any atom is 0.415 e. The molecule has 19 heavy (non-hydrogen) atoms. The van der Waals surface area contributed by atoms with E-state index in [0.717, 1.165) is 6.42 Å². The molecule has 0 bridgehead atoms. The van der Waals surface area contributed by atoms with Crippen molar-refractivity contribution in [3.05, 3.63) is 11.8 Å². The lowest BCUT2D eigenvalue weighted by atomic mass is 9.83. The highest BCUT2D eigenvalue weighted by Gasteiger charge is 2.40. The lowest BCUT2D eigenvalue weighted by Crippen LogP contribution is -2.39. The molecular formula is C13H21F2NO3. The van der Waals surface area contributed by atoms with Crippen LogP contribution >= 0.6 is 0 Å². The average Bonchev–Trinajstić information content (AvgIpc) is 2.37. The van der Waals surface area contributed by atoms with Crippen molar-refractivity contribution in [2.75, 3.05) is 13.1 Å². The summed E-state index contributed by atoms with van der Waals surface area (Å²) in [4.78, 5) is 13.0. The van der Waals surface area contributed by atoms with Gasteiger partial charge in [0.1, 0.15) is 5.60 Å². The van der Waals surface area contributed by atoms with Gasteiger partial charge >= 0.3 is 12.2 Å². The third-order valence-electron chi connectivity index (χ3n) is 3.49. The van der Waals surface area contributed by atoms with Gasteiger partial charge in [0.2, 0.25) is 5.76 Å². The van der Waals surface area contributed by atoms with Crippen LogP contribution < -0.4 is 0 Å². The van der Waals surface area contributed by atoms with Crippen LogP contribution in [-0.4, -0.2) is 34.8 Å². The van der Waals surface area contributed by atoms with Gasteiger partial charge in [-0.1, -0.05) is 19.3 Å². The monoisotopic (exact) mass is 277 g/mol. The van der Waals surface area contributed by atoms with Crippen LogP contribution in [0.4, 0.5) is 13.6 Å². The van der Waals surface area contributed by atoms with E-state index in [-0.39, 0.29) is 12.8 Å². The molecular weight excluding hydrogens is 256 g/mol. The molecule has 1 rings (SSSR count). The number of rotatable bonds is 4. The molecule has 0 aromatic heterocycles. The van der Waals surface area contributed by atoms with Gasteiger partial charge in [-0.3, -0.25) is 0 Å². The van der Waals surface area contributed by atoms with Crippen molar-refractivity contribution in [1.82, 2.24) is 4.90 Å². The summed E-state index contributed by atoms with van der Waals surface area (Å²) in [5.74, 6) is -0.871. The van der Waals surface area contributed by atoms with E-state index in [4.69, 9.17) is 4.74 Å². The van der Waals surface area contributed by atoms with Crippen LogP contribution in [0.15, 0.2) is 11.8 Å². The molecule has 6 heteroatoms. The van der Waals surface area contributed by atoms with Gasteiger partial charge in [-0.05, 0) is 26.7 Å². The second-order valence-corrected chi connectivity index (χ2v) is 4.72. The summed E-state index contributed by atoms with van der Waals surface area (Å²) in [5, 5.41) is 10.2. The molecule has 1 N–H and O–H groups in total. The van der Waals surface area contributed by atoms with E-state index in [1.165, 1.54) is 4.90 Å². The van der Waals surface area contributed by atoms with Gasteiger partial charge in [0.15, 0.2) is 0 Å². The lowest BCUT2D eigenvalue weighted by Gasteiger charge is -2.33. The van der Waals surface area contributed by atoms with Gasteiger partial charge in [-0.15, -0.1) is 0 Å². The lowest BCUT2D eigenvalue weighted by molar-refractivity contribution is -0.0154. The van der Waals surface area contributed by atoms with Crippen LogP contribution in [0, 0.1) is 0 Å². The zero-order valence-electron chi connectivity index (χ0n) is 11.4. The van der Waals surface area contributed by atoms with E-state index < -0.39 is 23.5 Å². The zero-order valence-corrected chi connectivity index (χ0v) is 11.4. The third kappa shape index (κ3) is 3.89. The number of amides is 1. The van der Waals surface area contributed by atoms with E-state index in [2.05, 4.69) is 0 Å². The summed E-state index contributed by atoms with van der Waals surface area (Å²) in [6.07, 6.45) is -0.368. The fourth-order valence-electron chi connectivity index (χ4n) is 2.31. The minimum absolute atomic E-state index is 0.200. The molecule has 1 aliphatic carbocycles. The molecule has 1 amide bonds. The van der Waals surface area contributed by atoms with Crippen molar-refractivity contribution < 1.29 is 23.4 Å². The first kappa shape index (κ1) is 15.9. The summed E-state index contributed by atoms with van der Waals surface area (Å²) in [6.45, 7) is 4.20. The Bertz CT molecular complexity index is 344. The first-order valence-corrected chi connectivity index (χ1v) is 6.69. The quantitative estimate of drug-likeness (QED) is 0.802. The first-order valence-electron chi connectivity index (χ1n) is 6.69. The van der Waals surface area contributed by atoms with Crippen LogP contribution in [0.25, 0.3) is 0 Å². The highest BCUT2D eigenvalue weighted by Crippen LogP contribution is 2.37.